The first kappa shape index (κ1) is 18.1. The third-order valence-corrected chi connectivity index (χ3v) is 4.85. The van der Waals surface area contributed by atoms with Crippen LogP contribution in [0, 0.1) is 23.2 Å². The van der Waals surface area contributed by atoms with Gasteiger partial charge in [-0.15, -0.1) is 0 Å². The largest absolute Gasteiger partial charge is 0.480 e. The van der Waals surface area contributed by atoms with E-state index in [9.17, 15) is 9.90 Å². The summed E-state index contributed by atoms with van der Waals surface area (Å²) in [6.45, 7) is 3.74. The number of carboxylic acids is 1. The van der Waals surface area contributed by atoms with E-state index in [1.165, 1.54) is 0 Å². The standard InChI is InChI=1S/C14H27BN2O4/c1-9-8-11(4-3-7-15(20)21)14(17,13(18)19)12(9)6-5-10(2)16/h9,11-12,16,20-21H,3-8,17H2,1-2H3,(H,18,19)/t9?,11-,12-,14-/m1/s1. The van der Waals surface area contributed by atoms with Crippen molar-refractivity contribution in [1.29, 1.82) is 5.41 Å². The van der Waals surface area contributed by atoms with Crippen molar-refractivity contribution in [1.82, 2.24) is 0 Å². The summed E-state index contributed by atoms with van der Waals surface area (Å²) < 4.78 is 0. The van der Waals surface area contributed by atoms with Gasteiger partial charge in [0.25, 0.3) is 0 Å². The molecular formula is C14H27BN2O4. The molecule has 7 heteroatoms. The molecule has 0 saturated heterocycles. The molecule has 0 bridgehead atoms. The minimum Gasteiger partial charge on any atom is -0.480 e. The molecule has 0 aromatic heterocycles. The van der Waals surface area contributed by atoms with Crippen molar-refractivity contribution in [3.8, 4) is 0 Å². The molecule has 0 amide bonds. The molecule has 4 atom stereocenters. The van der Waals surface area contributed by atoms with Gasteiger partial charge in [-0.05, 0) is 56.7 Å². The van der Waals surface area contributed by atoms with Crippen LogP contribution in [0.1, 0.15) is 46.0 Å². The van der Waals surface area contributed by atoms with E-state index in [0.29, 0.717) is 31.4 Å². The smallest absolute Gasteiger partial charge is 0.451 e. The molecule has 0 spiro atoms. The van der Waals surface area contributed by atoms with E-state index in [2.05, 4.69) is 0 Å². The van der Waals surface area contributed by atoms with E-state index in [1.807, 2.05) is 6.92 Å². The minimum atomic E-state index is -1.35. The molecule has 0 aromatic carbocycles. The second-order valence-corrected chi connectivity index (χ2v) is 6.49. The number of hydrogen-bond donors (Lipinski definition) is 5. The Morgan fingerprint density at radius 3 is 2.52 bits per heavy atom. The van der Waals surface area contributed by atoms with E-state index in [-0.39, 0.29) is 24.1 Å². The van der Waals surface area contributed by atoms with Gasteiger partial charge in [-0.3, -0.25) is 4.79 Å². The van der Waals surface area contributed by atoms with Gasteiger partial charge in [0.05, 0.1) is 0 Å². The lowest BCUT2D eigenvalue weighted by atomic mass is 9.74. The van der Waals surface area contributed by atoms with Crippen LogP contribution in [0.15, 0.2) is 0 Å². The summed E-state index contributed by atoms with van der Waals surface area (Å²) in [6.07, 6.45) is 3.32. The Labute approximate surface area is 126 Å². The first-order valence-electron chi connectivity index (χ1n) is 7.62. The van der Waals surface area contributed by atoms with Crippen LogP contribution in [0.4, 0.5) is 0 Å². The Morgan fingerprint density at radius 1 is 1.43 bits per heavy atom. The van der Waals surface area contributed by atoms with Crippen molar-refractivity contribution in [2.24, 2.45) is 23.5 Å². The maximum absolute atomic E-state index is 11.8. The van der Waals surface area contributed by atoms with Gasteiger partial charge < -0.3 is 26.3 Å². The van der Waals surface area contributed by atoms with Gasteiger partial charge in [0.1, 0.15) is 5.54 Å². The van der Waals surface area contributed by atoms with E-state index in [4.69, 9.17) is 21.2 Å². The van der Waals surface area contributed by atoms with Crippen LogP contribution in [0.3, 0.4) is 0 Å². The molecule has 1 saturated carbocycles. The zero-order valence-electron chi connectivity index (χ0n) is 12.9. The monoisotopic (exact) mass is 298 g/mol. The van der Waals surface area contributed by atoms with Gasteiger partial charge in [-0.1, -0.05) is 13.3 Å². The predicted octanol–water partition coefficient (Wildman–Crippen LogP) is 1.11. The Bertz CT molecular complexity index is 391. The minimum absolute atomic E-state index is 0.139. The summed E-state index contributed by atoms with van der Waals surface area (Å²) in [5.74, 6) is -1.07. The van der Waals surface area contributed by atoms with Crippen LogP contribution < -0.4 is 5.73 Å². The van der Waals surface area contributed by atoms with Crippen molar-refractivity contribution in [3.05, 3.63) is 0 Å². The summed E-state index contributed by atoms with van der Waals surface area (Å²) in [5, 5.41) is 35.0. The van der Waals surface area contributed by atoms with Crippen LogP contribution in [0.5, 0.6) is 0 Å². The second kappa shape index (κ2) is 7.38. The van der Waals surface area contributed by atoms with Gasteiger partial charge >= 0.3 is 13.1 Å². The highest BCUT2D eigenvalue weighted by Gasteiger charge is 2.55. The molecule has 1 aliphatic rings. The fourth-order valence-electron chi connectivity index (χ4n) is 3.71. The number of rotatable bonds is 8. The summed E-state index contributed by atoms with van der Waals surface area (Å²) in [4.78, 5) is 11.8. The van der Waals surface area contributed by atoms with Crippen molar-refractivity contribution in [2.75, 3.05) is 0 Å². The average Bonchev–Trinajstić information content (AvgIpc) is 2.59. The van der Waals surface area contributed by atoms with E-state index in [0.717, 1.165) is 6.42 Å². The highest BCUT2D eigenvalue weighted by atomic mass is 16.4. The quantitative estimate of drug-likeness (QED) is 0.339. The predicted molar refractivity (Wildman–Crippen MR) is 82.2 cm³/mol. The van der Waals surface area contributed by atoms with Gasteiger partial charge in [0.2, 0.25) is 0 Å². The van der Waals surface area contributed by atoms with Gasteiger partial charge in [-0.2, -0.15) is 0 Å². The normalized spacial score (nSPS) is 32.1. The molecule has 1 fully saturated rings. The molecule has 1 rings (SSSR count). The lowest BCUT2D eigenvalue weighted by Gasteiger charge is -2.33. The van der Waals surface area contributed by atoms with Gasteiger partial charge in [0.15, 0.2) is 0 Å². The lowest BCUT2D eigenvalue weighted by molar-refractivity contribution is -0.147. The molecule has 6 N–H and O–H groups in total. The number of aliphatic carboxylic acids is 1. The van der Waals surface area contributed by atoms with E-state index >= 15 is 0 Å². The van der Waals surface area contributed by atoms with E-state index in [1.54, 1.807) is 6.92 Å². The summed E-state index contributed by atoms with van der Waals surface area (Å²) >= 11 is 0. The van der Waals surface area contributed by atoms with Gasteiger partial charge in [-0.25, -0.2) is 0 Å². The zero-order valence-corrected chi connectivity index (χ0v) is 12.9. The van der Waals surface area contributed by atoms with Crippen LogP contribution in [-0.2, 0) is 4.79 Å². The molecule has 0 aliphatic heterocycles. The third kappa shape index (κ3) is 4.28. The fourth-order valence-corrected chi connectivity index (χ4v) is 3.71. The Hall–Kier alpha value is -0.915. The van der Waals surface area contributed by atoms with Crippen LogP contribution in [-0.4, -0.2) is 39.5 Å². The third-order valence-electron chi connectivity index (χ3n) is 4.85. The van der Waals surface area contributed by atoms with Crippen molar-refractivity contribution in [2.45, 2.75) is 57.8 Å². The number of nitrogens with two attached hydrogens (primary N) is 1. The molecular weight excluding hydrogens is 271 g/mol. The first-order chi connectivity index (χ1) is 9.69. The molecule has 0 heterocycles. The van der Waals surface area contributed by atoms with E-state index < -0.39 is 18.6 Å². The SMILES string of the molecule is CC(=N)CC[C@@H]1C(C)C[C@@H](CCCB(O)O)[C@]1(N)C(=O)O. The van der Waals surface area contributed by atoms with Crippen molar-refractivity contribution < 1.29 is 19.9 Å². The lowest BCUT2D eigenvalue weighted by Crippen LogP contribution is -2.56. The maximum atomic E-state index is 11.8. The Balaban J connectivity index is 2.80. The molecule has 6 nitrogen and oxygen atoms in total. The van der Waals surface area contributed by atoms with Crippen LogP contribution in [0.25, 0.3) is 0 Å². The molecule has 0 aromatic rings. The second-order valence-electron chi connectivity index (χ2n) is 6.49. The molecule has 21 heavy (non-hydrogen) atoms. The zero-order chi connectivity index (χ0) is 16.2. The Morgan fingerprint density at radius 2 is 2.05 bits per heavy atom. The molecule has 120 valence electrons. The Kier molecular flexibility index (Phi) is 6.37. The highest BCUT2D eigenvalue weighted by molar-refractivity contribution is 6.40. The molecule has 0 radical (unpaired) electrons. The maximum Gasteiger partial charge on any atom is 0.451 e. The van der Waals surface area contributed by atoms with Crippen molar-refractivity contribution >= 4 is 18.8 Å². The molecule has 1 unspecified atom stereocenters. The summed E-state index contributed by atoms with van der Waals surface area (Å²) in [7, 11) is -1.35. The number of hydrogen-bond acceptors (Lipinski definition) is 5. The fraction of sp³-hybridized carbons (Fsp3) is 0.857. The van der Waals surface area contributed by atoms with Crippen LogP contribution >= 0.6 is 0 Å². The number of carbonyl (C=O) groups is 1. The first-order valence-corrected chi connectivity index (χ1v) is 7.62. The van der Waals surface area contributed by atoms with Gasteiger partial charge in [0, 0.05) is 5.71 Å². The van der Waals surface area contributed by atoms with Crippen molar-refractivity contribution in [3.63, 3.8) is 0 Å². The number of carboxylic acid groups (broad SMARTS) is 1. The topological polar surface area (TPSA) is 128 Å². The summed E-state index contributed by atoms with van der Waals surface area (Å²) in [5.41, 5.74) is 5.56. The molecule has 1 aliphatic carbocycles. The average molecular weight is 298 g/mol. The number of nitrogens with one attached hydrogen (secondary N) is 1. The summed E-state index contributed by atoms with van der Waals surface area (Å²) in [6, 6.07) is 0. The van der Waals surface area contributed by atoms with Crippen LogP contribution in [0.2, 0.25) is 6.32 Å². The highest BCUT2D eigenvalue weighted by Crippen LogP contribution is 2.47.